The summed E-state index contributed by atoms with van der Waals surface area (Å²) in [7, 11) is 0. The molecule has 0 bridgehead atoms. The number of rotatable bonds is 4. The number of hydrogen-bond donors (Lipinski definition) is 2. The van der Waals surface area contributed by atoms with Gasteiger partial charge in [-0.2, -0.15) is 0 Å². The Bertz CT molecular complexity index is 488. The lowest BCUT2D eigenvalue weighted by Crippen LogP contribution is -2.30. The molecule has 0 aliphatic heterocycles. The minimum Gasteiger partial charge on any atom is -0.362 e. The van der Waals surface area contributed by atoms with Gasteiger partial charge in [0.15, 0.2) is 5.11 Å². The Kier molecular flexibility index (Phi) is 4.54. The van der Waals surface area contributed by atoms with Gasteiger partial charge in [-0.3, -0.25) is 0 Å². The third kappa shape index (κ3) is 4.06. The van der Waals surface area contributed by atoms with E-state index in [1.807, 2.05) is 18.2 Å². The zero-order valence-electron chi connectivity index (χ0n) is 9.71. The van der Waals surface area contributed by atoms with Crippen molar-refractivity contribution >= 4 is 23.1 Å². The van der Waals surface area contributed by atoms with Crippen LogP contribution in [0.5, 0.6) is 0 Å². The molecule has 2 rings (SSSR count). The maximum atomic E-state index is 5.15. The Labute approximate surface area is 111 Å². The Morgan fingerprint density at radius 2 is 1.83 bits per heavy atom. The molecular weight excluding hydrogens is 246 g/mol. The van der Waals surface area contributed by atoms with Crippen LogP contribution < -0.4 is 10.6 Å². The van der Waals surface area contributed by atoms with Crippen molar-refractivity contribution in [3.8, 4) is 0 Å². The van der Waals surface area contributed by atoms with Gasteiger partial charge in [0.05, 0.1) is 0 Å². The first-order chi connectivity index (χ1) is 8.84. The van der Waals surface area contributed by atoms with Gasteiger partial charge in [-0.25, -0.2) is 15.0 Å². The van der Waals surface area contributed by atoms with E-state index in [0.717, 1.165) is 18.1 Å². The second-order valence-corrected chi connectivity index (χ2v) is 3.92. The predicted octanol–water partition coefficient (Wildman–Crippen LogP) is 1.40. The van der Waals surface area contributed by atoms with Crippen molar-refractivity contribution in [3.05, 3.63) is 48.7 Å². The van der Waals surface area contributed by atoms with Gasteiger partial charge in [-0.1, -0.05) is 6.07 Å². The molecule has 0 amide bonds. The molecule has 0 unspecified atom stereocenters. The van der Waals surface area contributed by atoms with E-state index in [-0.39, 0.29) is 0 Å². The number of nitrogens with one attached hydrogen (secondary N) is 2. The molecule has 0 saturated carbocycles. The van der Waals surface area contributed by atoms with Crippen molar-refractivity contribution in [3.63, 3.8) is 0 Å². The molecule has 0 radical (unpaired) electrons. The van der Waals surface area contributed by atoms with Crippen LogP contribution in [0.4, 0.5) is 5.82 Å². The van der Waals surface area contributed by atoms with E-state index in [0.29, 0.717) is 11.7 Å². The van der Waals surface area contributed by atoms with Gasteiger partial charge in [0.2, 0.25) is 0 Å². The Balaban J connectivity index is 1.73. The Hall–Kier alpha value is -2.08. The summed E-state index contributed by atoms with van der Waals surface area (Å²) in [4.78, 5) is 12.4. The first-order valence-electron chi connectivity index (χ1n) is 5.56. The molecule has 0 aromatic carbocycles. The third-order valence-corrected chi connectivity index (χ3v) is 2.41. The van der Waals surface area contributed by atoms with Crippen LogP contribution in [0.25, 0.3) is 0 Å². The summed E-state index contributed by atoms with van der Waals surface area (Å²) < 4.78 is 0. The van der Waals surface area contributed by atoms with E-state index >= 15 is 0 Å². The third-order valence-electron chi connectivity index (χ3n) is 2.16. The van der Waals surface area contributed by atoms with Gasteiger partial charge in [0, 0.05) is 31.6 Å². The molecular formula is C12H13N5S. The summed E-state index contributed by atoms with van der Waals surface area (Å²) in [6.45, 7) is 0.683. The van der Waals surface area contributed by atoms with Crippen LogP contribution in [0.15, 0.2) is 42.9 Å². The molecule has 0 aliphatic rings. The molecule has 92 valence electrons. The van der Waals surface area contributed by atoms with Crippen molar-refractivity contribution in [2.24, 2.45) is 0 Å². The Morgan fingerprint density at radius 1 is 1.06 bits per heavy atom. The summed E-state index contributed by atoms with van der Waals surface area (Å²) >= 11 is 5.15. The standard InChI is InChI=1S/C12H13N5S/c18-12(17-11-4-1-2-6-15-11)16-9-5-10-13-7-3-8-14-10/h1-4,6-8H,5,9H2,(H2,15,16,17,18). The normalized spacial score (nSPS) is 9.78. The van der Waals surface area contributed by atoms with Gasteiger partial charge in [0.25, 0.3) is 0 Å². The summed E-state index contributed by atoms with van der Waals surface area (Å²) in [5, 5.41) is 6.62. The van der Waals surface area contributed by atoms with Crippen molar-refractivity contribution in [1.82, 2.24) is 20.3 Å². The molecule has 6 heteroatoms. The molecule has 0 saturated heterocycles. The van der Waals surface area contributed by atoms with Gasteiger partial charge >= 0.3 is 0 Å². The highest BCUT2D eigenvalue weighted by Crippen LogP contribution is 1.99. The van der Waals surface area contributed by atoms with Crippen LogP contribution in [0, 0.1) is 0 Å². The lowest BCUT2D eigenvalue weighted by molar-refractivity contribution is 0.812. The van der Waals surface area contributed by atoms with E-state index < -0.39 is 0 Å². The first-order valence-corrected chi connectivity index (χ1v) is 5.97. The second-order valence-electron chi connectivity index (χ2n) is 3.51. The maximum absolute atomic E-state index is 5.15. The topological polar surface area (TPSA) is 62.7 Å². The van der Waals surface area contributed by atoms with Gasteiger partial charge in [-0.05, 0) is 30.4 Å². The molecule has 18 heavy (non-hydrogen) atoms. The number of hydrogen-bond acceptors (Lipinski definition) is 4. The highest BCUT2D eigenvalue weighted by atomic mass is 32.1. The van der Waals surface area contributed by atoms with Crippen LogP contribution in [0.1, 0.15) is 5.82 Å². The smallest absolute Gasteiger partial charge is 0.171 e. The molecule has 0 spiro atoms. The van der Waals surface area contributed by atoms with E-state index in [1.165, 1.54) is 0 Å². The van der Waals surface area contributed by atoms with Crippen LogP contribution in [-0.2, 0) is 6.42 Å². The van der Waals surface area contributed by atoms with Crippen molar-refractivity contribution in [2.45, 2.75) is 6.42 Å². The van der Waals surface area contributed by atoms with Crippen molar-refractivity contribution < 1.29 is 0 Å². The number of pyridine rings is 1. The monoisotopic (exact) mass is 259 g/mol. The molecule has 0 aliphatic carbocycles. The van der Waals surface area contributed by atoms with Crippen molar-refractivity contribution in [1.29, 1.82) is 0 Å². The number of thiocarbonyl (C=S) groups is 1. The zero-order valence-corrected chi connectivity index (χ0v) is 10.5. The van der Waals surface area contributed by atoms with Crippen LogP contribution in [0.2, 0.25) is 0 Å². The average Bonchev–Trinajstić information content (AvgIpc) is 2.41. The Morgan fingerprint density at radius 3 is 2.56 bits per heavy atom. The predicted molar refractivity (Wildman–Crippen MR) is 74.2 cm³/mol. The van der Waals surface area contributed by atoms with Crippen LogP contribution in [0.3, 0.4) is 0 Å². The summed E-state index contributed by atoms with van der Waals surface area (Å²) in [5.74, 6) is 1.52. The lowest BCUT2D eigenvalue weighted by atomic mass is 10.4. The van der Waals surface area contributed by atoms with Crippen LogP contribution in [-0.4, -0.2) is 26.6 Å². The molecule has 5 nitrogen and oxygen atoms in total. The van der Waals surface area contributed by atoms with E-state index in [9.17, 15) is 0 Å². The molecule has 2 N–H and O–H groups in total. The molecule has 2 aromatic heterocycles. The summed E-state index contributed by atoms with van der Waals surface area (Å²) in [6, 6.07) is 7.41. The maximum Gasteiger partial charge on any atom is 0.171 e. The number of nitrogens with zero attached hydrogens (tertiary/aromatic N) is 3. The van der Waals surface area contributed by atoms with Gasteiger partial charge < -0.3 is 10.6 Å². The zero-order chi connectivity index (χ0) is 12.6. The van der Waals surface area contributed by atoms with Crippen molar-refractivity contribution in [2.75, 3.05) is 11.9 Å². The quantitative estimate of drug-likeness (QED) is 0.809. The summed E-state index contributed by atoms with van der Waals surface area (Å²) in [6.07, 6.45) is 5.90. The molecule has 2 aromatic rings. The van der Waals surface area contributed by atoms with E-state index in [1.54, 1.807) is 24.7 Å². The fraction of sp³-hybridized carbons (Fsp3) is 0.167. The largest absolute Gasteiger partial charge is 0.362 e. The van der Waals surface area contributed by atoms with E-state index in [2.05, 4.69) is 25.6 Å². The van der Waals surface area contributed by atoms with Gasteiger partial charge in [-0.15, -0.1) is 0 Å². The SMILES string of the molecule is S=C(NCCc1ncccn1)Nc1ccccn1. The number of aromatic nitrogens is 3. The highest BCUT2D eigenvalue weighted by molar-refractivity contribution is 7.80. The van der Waals surface area contributed by atoms with Crippen LogP contribution >= 0.6 is 12.2 Å². The lowest BCUT2D eigenvalue weighted by Gasteiger charge is -2.08. The highest BCUT2D eigenvalue weighted by Gasteiger charge is 1.98. The summed E-state index contributed by atoms with van der Waals surface area (Å²) in [5.41, 5.74) is 0. The molecule has 0 atom stereocenters. The average molecular weight is 259 g/mol. The fourth-order valence-corrected chi connectivity index (χ4v) is 1.55. The van der Waals surface area contributed by atoms with Gasteiger partial charge in [0.1, 0.15) is 11.6 Å². The molecule has 0 fully saturated rings. The number of anilines is 1. The molecule has 2 heterocycles. The minimum atomic E-state index is 0.546. The first kappa shape index (κ1) is 12.4. The van der Waals surface area contributed by atoms with E-state index in [4.69, 9.17) is 12.2 Å². The second kappa shape index (κ2) is 6.61. The fourth-order valence-electron chi connectivity index (χ4n) is 1.34. The minimum absolute atomic E-state index is 0.546.